The normalized spacial score (nSPS) is 13.2. The van der Waals surface area contributed by atoms with Crippen LogP contribution in [0.3, 0.4) is 0 Å². The molecule has 4 heteroatoms. The van der Waals surface area contributed by atoms with Crippen LogP contribution < -0.4 is 11.1 Å². The van der Waals surface area contributed by atoms with E-state index in [1.165, 1.54) is 10.9 Å². The SMILES string of the molecule is C[C@@H](CN)NCc1cc2ccc(F)cc2s1. The van der Waals surface area contributed by atoms with Crippen LogP contribution in [0.15, 0.2) is 24.3 Å². The van der Waals surface area contributed by atoms with Gasteiger partial charge in [-0.3, -0.25) is 0 Å². The Morgan fingerprint density at radius 2 is 2.25 bits per heavy atom. The van der Waals surface area contributed by atoms with Gasteiger partial charge in [0.05, 0.1) is 0 Å². The Morgan fingerprint density at radius 3 is 3.00 bits per heavy atom. The number of fused-ring (bicyclic) bond motifs is 1. The zero-order chi connectivity index (χ0) is 11.5. The Hall–Kier alpha value is -0.970. The third-order valence-corrected chi connectivity index (χ3v) is 3.61. The second-order valence-electron chi connectivity index (χ2n) is 3.91. The van der Waals surface area contributed by atoms with Crippen LogP contribution >= 0.6 is 11.3 Å². The van der Waals surface area contributed by atoms with Crippen molar-refractivity contribution in [3.63, 3.8) is 0 Å². The maximum Gasteiger partial charge on any atom is 0.124 e. The lowest BCUT2D eigenvalue weighted by molar-refractivity contribution is 0.560. The maximum atomic E-state index is 13.0. The number of benzene rings is 1. The highest BCUT2D eigenvalue weighted by Crippen LogP contribution is 2.26. The van der Waals surface area contributed by atoms with Crippen LogP contribution in [0.2, 0.25) is 0 Å². The summed E-state index contributed by atoms with van der Waals surface area (Å²) in [6.07, 6.45) is 0. The second kappa shape index (κ2) is 4.91. The van der Waals surface area contributed by atoms with Crippen molar-refractivity contribution in [2.75, 3.05) is 6.54 Å². The zero-order valence-corrected chi connectivity index (χ0v) is 9.98. The fourth-order valence-corrected chi connectivity index (χ4v) is 2.55. The smallest absolute Gasteiger partial charge is 0.124 e. The molecule has 1 atom stereocenters. The molecule has 1 aromatic heterocycles. The van der Waals surface area contributed by atoms with Crippen LogP contribution in [0.5, 0.6) is 0 Å². The molecule has 0 aliphatic heterocycles. The molecule has 86 valence electrons. The van der Waals surface area contributed by atoms with Crippen molar-refractivity contribution in [2.45, 2.75) is 19.5 Å². The predicted octanol–water partition coefficient (Wildman–Crippen LogP) is 2.48. The first-order valence-electron chi connectivity index (χ1n) is 5.30. The van der Waals surface area contributed by atoms with Crippen molar-refractivity contribution in [1.82, 2.24) is 5.32 Å². The lowest BCUT2D eigenvalue weighted by Crippen LogP contribution is -2.32. The molecular weight excluding hydrogens is 223 g/mol. The summed E-state index contributed by atoms with van der Waals surface area (Å²) in [5.41, 5.74) is 5.52. The van der Waals surface area contributed by atoms with Crippen molar-refractivity contribution in [3.05, 3.63) is 35.0 Å². The molecule has 2 aromatic rings. The third kappa shape index (κ3) is 2.58. The van der Waals surface area contributed by atoms with Gasteiger partial charge >= 0.3 is 0 Å². The minimum Gasteiger partial charge on any atom is -0.329 e. The summed E-state index contributed by atoms with van der Waals surface area (Å²) in [7, 11) is 0. The third-order valence-electron chi connectivity index (χ3n) is 2.51. The van der Waals surface area contributed by atoms with Gasteiger partial charge in [0, 0.05) is 28.7 Å². The lowest BCUT2D eigenvalue weighted by atomic mass is 10.2. The van der Waals surface area contributed by atoms with Gasteiger partial charge in [0.25, 0.3) is 0 Å². The first-order valence-corrected chi connectivity index (χ1v) is 6.12. The summed E-state index contributed by atoms with van der Waals surface area (Å²) in [6.45, 7) is 3.46. The van der Waals surface area contributed by atoms with Crippen molar-refractivity contribution in [1.29, 1.82) is 0 Å². The van der Waals surface area contributed by atoms with Gasteiger partial charge < -0.3 is 11.1 Å². The molecule has 0 saturated carbocycles. The van der Waals surface area contributed by atoms with E-state index < -0.39 is 0 Å². The van der Waals surface area contributed by atoms with Gasteiger partial charge in [-0.1, -0.05) is 6.07 Å². The monoisotopic (exact) mass is 238 g/mol. The predicted molar refractivity (Wildman–Crippen MR) is 67.1 cm³/mol. The molecule has 0 saturated heterocycles. The molecule has 0 fully saturated rings. The van der Waals surface area contributed by atoms with Crippen LogP contribution in [0.25, 0.3) is 10.1 Å². The summed E-state index contributed by atoms with van der Waals surface area (Å²) in [6, 6.07) is 7.29. The average molecular weight is 238 g/mol. The Bertz CT molecular complexity index is 481. The number of thiophene rings is 1. The van der Waals surface area contributed by atoms with Crippen LogP contribution in [0.4, 0.5) is 4.39 Å². The minimum absolute atomic E-state index is 0.177. The molecule has 0 bridgehead atoms. The Morgan fingerprint density at radius 1 is 1.44 bits per heavy atom. The van der Waals surface area contributed by atoms with Gasteiger partial charge in [-0.2, -0.15) is 0 Å². The van der Waals surface area contributed by atoms with E-state index in [2.05, 4.69) is 11.4 Å². The van der Waals surface area contributed by atoms with Crippen LogP contribution in [0, 0.1) is 5.82 Å². The molecule has 3 N–H and O–H groups in total. The van der Waals surface area contributed by atoms with Gasteiger partial charge in [0.2, 0.25) is 0 Å². The van der Waals surface area contributed by atoms with Gasteiger partial charge in [-0.05, 0) is 30.5 Å². The van der Waals surface area contributed by atoms with E-state index in [1.54, 1.807) is 17.4 Å². The van der Waals surface area contributed by atoms with Gasteiger partial charge in [-0.25, -0.2) is 4.39 Å². The molecule has 16 heavy (non-hydrogen) atoms. The summed E-state index contributed by atoms with van der Waals surface area (Å²) < 4.78 is 14.0. The Kier molecular flexibility index (Phi) is 3.53. The largest absolute Gasteiger partial charge is 0.329 e. The van der Waals surface area contributed by atoms with E-state index in [0.717, 1.165) is 16.6 Å². The minimum atomic E-state index is -0.177. The fourth-order valence-electron chi connectivity index (χ4n) is 1.51. The van der Waals surface area contributed by atoms with Gasteiger partial charge in [0.1, 0.15) is 5.82 Å². The summed E-state index contributed by atoms with van der Waals surface area (Å²) in [5.74, 6) is -0.177. The molecule has 2 nitrogen and oxygen atoms in total. The Balaban J connectivity index is 2.13. The van der Waals surface area contributed by atoms with Gasteiger partial charge in [-0.15, -0.1) is 11.3 Å². The van der Waals surface area contributed by atoms with Crippen LogP contribution in [-0.4, -0.2) is 12.6 Å². The molecule has 0 unspecified atom stereocenters. The number of nitrogens with two attached hydrogens (primary N) is 1. The van der Waals surface area contributed by atoms with E-state index in [-0.39, 0.29) is 5.82 Å². The van der Waals surface area contributed by atoms with Crippen molar-refractivity contribution >= 4 is 21.4 Å². The molecule has 0 spiro atoms. The van der Waals surface area contributed by atoms with Crippen molar-refractivity contribution < 1.29 is 4.39 Å². The second-order valence-corrected chi connectivity index (χ2v) is 5.08. The lowest BCUT2D eigenvalue weighted by Gasteiger charge is -2.08. The molecule has 2 rings (SSSR count). The number of nitrogens with one attached hydrogen (secondary N) is 1. The molecule has 1 heterocycles. The zero-order valence-electron chi connectivity index (χ0n) is 9.16. The first-order chi connectivity index (χ1) is 7.69. The van der Waals surface area contributed by atoms with E-state index in [4.69, 9.17) is 5.73 Å². The van der Waals surface area contributed by atoms with E-state index >= 15 is 0 Å². The molecule has 0 amide bonds. The number of rotatable bonds is 4. The first kappa shape index (κ1) is 11.5. The molecule has 0 aliphatic carbocycles. The van der Waals surface area contributed by atoms with E-state index in [9.17, 15) is 4.39 Å². The quantitative estimate of drug-likeness (QED) is 0.858. The van der Waals surface area contributed by atoms with Crippen LogP contribution in [0.1, 0.15) is 11.8 Å². The Labute approximate surface area is 98.3 Å². The fraction of sp³-hybridized carbons (Fsp3) is 0.333. The van der Waals surface area contributed by atoms with Gasteiger partial charge in [0.15, 0.2) is 0 Å². The number of hydrogen-bond acceptors (Lipinski definition) is 3. The summed E-state index contributed by atoms with van der Waals surface area (Å²) >= 11 is 1.62. The molecule has 0 aliphatic rings. The van der Waals surface area contributed by atoms with Crippen molar-refractivity contribution in [3.8, 4) is 0 Å². The highest BCUT2D eigenvalue weighted by Gasteiger charge is 2.04. The van der Waals surface area contributed by atoms with Crippen LogP contribution in [-0.2, 0) is 6.54 Å². The molecule has 0 radical (unpaired) electrons. The summed E-state index contributed by atoms with van der Waals surface area (Å²) in [4.78, 5) is 1.21. The summed E-state index contributed by atoms with van der Waals surface area (Å²) in [5, 5.41) is 4.42. The number of halogens is 1. The van der Waals surface area contributed by atoms with E-state index in [0.29, 0.717) is 12.6 Å². The van der Waals surface area contributed by atoms with Crippen molar-refractivity contribution in [2.24, 2.45) is 5.73 Å². The molecular formula is C12H15FN2S. The molecule has 1 aromatic carbocycles. The topological polar surface area (TPSA) is 38.0 Å². The van der Waals surface area contributed by atoms with E-state index in [1.807, 2.05) is 13.0 Å². The highest BCUT2D eigenvalue weighted by molar-refractivity contribution is 7.19. The standard InChI is InChI=1S/C12H15FN2S/c1-8(6-14)15-7-11-4-9-2-3-10(13)5-12(9)16-11/h2-5,8,15H,6-7,14H2,1H3/t8-/m0/s1. The average Bonchev–Trinajstić information content (AvgIpc) is 2.67. The highest BCUT2D eigenvalue weighted by atomic mass is 32.1. The number of hydrogen-bond donors (Lipinski definition) is 2. The maximum absolute atomic E-state index is 13.0.